The Kier molecular flexibility index (Phi) is 15.3. The Labute approximate surface area is 319 Å². The fraction of sp³-hybridized carbons (Fsp3) is 0.892. The van der Waals surface area contributed by atoms with E-state index in [-0.39, 0.29) is 54.3 Å². The quantitative estimate of drug-likeness (QED) is 0.0577. The number of carbonyl (C=O) groups is 4. The Morgan fingerprint density at radius 3 is 2.25 bits per heavy atom. The minimum atomic E-state index is -0.896. The zero-order valence-corrected chi connectivity index (χ0v) is 32.4. The van der Waals surface area contributed by atoms with Gasteiger partial charge in [-0.1, -0.05) is 33.1 Å². The molecule has 4 aliphatic heterocycles. The third-order valence-electron chi connectivity index (χ3n) is 12.4. The van der Waals surface area contributed by atoms with E-state index in [1.54, 1.807) is 0 Å². The summed E-state index contributed by atoms with van der Waals surface area (Å²) in [5.74, 6) is -1.76. The van der Waals surface area contributed by atoms with Crippen LogP contribution in [0.4, 0.5) is 0 Å². The van der Waals surface area contributed by atoms with Gasteiger partial charge < -0.3 is 24.8 Å². The van der Waals surface area contributed by atoms with Crippen LogP contribution in [0.2, 0.25) is 0 Å². The first-order valence-electron chi connectivity index (χ1n) is 20.4. The zero-order valence-electron chi connectivity index (χ0n) is 31.6. The van der Waals surface area contributed by atoms with Crippen LogP contribution in [0, 0.1) is 17.8 Å². The summed E-state index contributed by atoms with van der Waals surface area (Å²) in [6, 6.07) is 0.417. The molecule has 4 amide bonds. The smallest absolute Gasteiger partial charge is 0.249 e. The number of alkyl halides is 1. The minimum absolute atomic E-state index is 0.0725. The lowest BCUT2D eigenvalue weighted by molar-refractivity contribution is -0.151. The molecule has 300 valence electrons. The number of ether oxygens (including phenoxy) is 3. The van der Waals surface area contributed by atoms with Crippen molar-refractivity contribution in [2.45, 2.75) is 132 Å². The van der Waals surface area contributed by atoms with E-state index >= 15 is 0 Å². The van der Waals surface area contributed by atoms with Crippen LogP contribution in [0.1, 0.15) is 84.5 Å². The molecule has 0 spiro atoms. The number of halogens is 1. The van der Waals surface area contributed by atoms with Crippen molar-refractivity contribution in [3.63, 3.8) is 0 Å². The van der Waals surface area contributed by atoms with Crippen LogP contribution in [0.5, 0.6) is 0 Å². The lowest BCUT2D eigenvalue weighted by atomic mass is 9.77. The molecule has 16 heteroatoms. The summed E-state index contributed by atoms with van der Waals surface area (Å²) in [5.41, 5.74) is 3.54. The van der Waals surface area contributed by atoms with Gasteiger partial charge in [-0.05, 0) is 50.9 Å². The molecule has 4 saturated heterocycles. The molecule has 6 N–H and O–H groups in total. The normalized spacial score (nSPS) is 35.0. The summed E-state index contributed by atoms with van der Waals surface area (Å²) >= 11 is 6.69. The molecule has 15 nitrogen and oxygen atoms in total. The number of likely N-dealkylation sites (tertiary alicyclic amines) is 1. The highest BCUT2D eigenvalue weighted by Crippen LogP contribution is 2.40. The van der Waals surface area contributed by atoms with E-state index in [1.165, 1.54) is 19.3 Å². The molecule has 6 rings (SSSR count). The van der Waals surface area contributed by atoms with Crippen molar-refractivity contribution in [3.8, 4) is 0 Å². The van der Waals surface area contributed by atoms with E-state index in [0.29, 0.717) is 76.7 Å². The predicted molar refractivity (Wildman–Crippen MR) is 198 cm³/mol. The standard InChI is InChI=1S/C37H63ClN8O7/c1-3-23(4-2)29-21-31(46-34(43-29)27(38)22-41-46)42-25-9-8-24(20-25)39-12-14-51-16-18-53-19-17-52-15-13-40-28-7-5-6-26-33(28)37(50)45(36(26)49)30-10-11-32(47)44-35(30)48/h23-31,33-34,39-43H,3-22H2,1-2H3,(H,44,47,48)/t24-,25-,26?,27?,28?,29?,30?,31?,33?,34?/m0/s1. The number of hydrogen-bond acceptors (Lipinski definition) is 13. The van der Waals surface area contributed by atoms with E-state index in [1.807, 2.05) is 0 Å². The van der Waals surface area contributed by atoms with E-state index in [9.17, 15) is 19.2 Å². The van der Waals surface area contributed by atoms with Gasteiger partial charge >= 0.3 is 0 Å². The van der Waals surface area contributed by atoms with Crippen molar-refractivity contribution in [2.75, 3.05) is 59.3 Å². The summed E-state index contributed by atoms with van der Waals surface area (Å²) < 4.78 is 17.2. The number of fused-ring (bicyclic) bond motifs is 2. The Morgan fingerprint density at radius 2 is 1.53 bits per heavy atom. The molecule has 2 saturated carbocycles. The van der Waals surface area contributed by atoms with E-state index < -0.39 is 23.8 Å². The molecule has 2 aliphatic carbocycles. The molecule has 0 bridgehead atoms. The number of piperidine rings is 1. The first kappa shape index (κ1) is 40.9. The first-order valence-corrected chi connectivity index (χ1v) is 20.8. The molecule has 4 heterocycles. The van der Waals surface area contributed by atoms with Crippen LogP contribution in [0.25, 0.3) is 0 Å². The molecule has 53 heavy (non-hydrogen) atoms. The first-order chi connectivity index (χ1) is 25.8. The summed E-state index contributed by atoms with van der Waals surface area (Å²) in [4.78, 5) is 51.6. The summed E-state index contributed by atoms with van der Waals surface area (Å²) in [5, 5.41) is 19.6. The minimum Gasteiger partial charge on any atom is -0.378 e. The maximum absolute atomic E-state index is 13.3. The highest BCUT2D eigenvalue weighted by molar-refractivity contribution is 6.21. The molecular formula is C37H63ClN8O7. The van der Waals surface area contributed by atoms with Gasteiger partial charge in [-0.2, -0.15) is 0 Å². The van der Waals surface area contributed by atoms with Crippen LogP contribution in [-0.4, -0.2) is 141 Å². The summed E-state index contributed by atoms with van der Waals surface area (Å²) in [6.07, 6.45) is 9.90. The second-order valence-corrected chi connectivity index (χ2v) is 16.2. The Balaban J connectivity index is 0.773. The largest absolute Gasteiger partial charge is 0.378 e. The van der Waals surface area contributed by atoms with Gasteiger partial charge in [0.05, 0.1) is 69.2 Å². The number of nitrogens with zero attached hydrogens (tertiary/aromatic N) is 2. The van der Waals surface area contributed by atoms with Gasteiger partial charge in [-0.3, -0.25) is 45.5 Å². The van der Waals surface area contributed by atoms with Gasteiger partial charge in [-0.15, -0.1) is 11.6 Å². The maximum atomic E-state index is 13.3. The lowest BCUT2D eigenvalue weighted by Gasteiger charge is -2.46. The molecule has 0 aromatic heterocycles. The molecule has 10 atom stereocenters. The molecular weight excluding hydrogens is 704 g/mol. The Morgan fingerprint density at radius 1 is 0.830 bits per heavy atom. The molecule has 6 fully saturated rings. The number of nitrogens with one attached hydrogen (secondary N) is 6. The number of hydrazine groups is 1. The molecule has 8 unspecified atom stereocenters. The van der Waals surface area contributed by atoms with Crippen LogP contribution in [-0.2, 0) is 33.4 Å². The number of rotatable bonds is 20. The maximum Gasteiger partial charge on any atom is 0.249 e. The van der Waals surface area contributed by atoms with Crippen LogP contribution >= 0.6 is 11.6 Å². The second kappa shape index (κ2) is 19.9. The average Bonchev–Trinajstić information content (AvgIpc) is 3.83. The van der Waals surface area contributed by atoms with E-state index in [4.69, 9.17) is 25.8 Å². The SMILES string of the molecule is CCC(CC)C1CC(N[C@H]2CC[C@H](NCCOCCOCCOCCNC3CCCC4C(=O)N(C5CCC(=O)NC5=O)C(=O)C34)C2)N2NCC(Cl)C2N1. The highest BCUT2D eigenvalue weighted by atomic mass is 35.5. The highest BCUT2D eigenvalue weighted by Gasteiger charge is 2.55. The van der Waals surface area contributed by atoms with E-state index in [0.717, 1.165) is 50.1 Å². The average molecular weight is 767 g/mol. The van der Waals surface area contributed by atoms with Gasteiger partial charge in [0, 0.05) is 50.2 Å². The number of imide groups is 2. The van der Waals surface area contributed by atoms with Crippen molar-refractivity contribution < 1.29 is 33.4 Å². The molecule has 0 radical (unpaired) electrons. The Hall–Kier alpha value is -1.79. The van der Waals surface area contributed by atoms with E-state index in [2.05, 4.69) is 50.9 Å². The lowest BCUT2D eigenvalue weighted by Crippen LogP contribution is -2.67. The van der Waals surface area contributed by atoms with Gasteiger partial charge in [0.2, 0.25) is 23.6 Å². The van der Waals surface area contributed by atoms with Gasteiger partial charge in [0.15, 0.2) is 0 Å². The molecule has 6 aliphatic rings. The predicted octanol–water partition coefficient (Wildman–Crippen LogP) is 0.563. The third-order valence-corrected chi connectivity index (χ3v) is 12.8. The summed E-state index contributed by atoms with van der Waals surface area (Å²) in [7, 11) is 0. The third kappa shape index (κ3) is 10.2. The monoisotopic (exact) mass is 766 g/mol. The van der Waals surface area contributed by atoms with Crippen molar-refractivity contribution >= 4 is 35.2 Å². The molecule has 0 aromatic carbocycles. The zero-order chi connectivity index (χ0) is 37.3. The van der Waals surface area contributed by atoms with Crippen LogP contribution < -0.4 is 32.0 Å². The second-order valence-electron chi connectivity index (χ2n) is 15.6. The van der Waals surface area contributed by atoms with Crippen molar-refractivity contribution in [1.29, 1.82) is 0 Å². The van der Waals surface area contributed by atoms with Crippen molar-refractivity contribution in [3.05, 3.63) is 0 Å². The Bertz CT molecular complexity index is 1250. The topological polar surface area (TPSA) is 175 Å². The fourth-order valence-corrected chi connectivity index (χ4v) is 9.82. The number of hydrogen-bond donors (Lipinski definition) is 6. The fourth-order valence-electron chi connectivity index (χ4n) is 9.56. The van der Waals surface area contributed by atoms with Crippen LogP contribution in [0.3, 0.4) is 0 Å². The van der Waals surface area contributed by atoms with Crippen molar-refractivity contribution in [2.24, 2.45) is 17.8 Å². The number of amides is 4. The van der Waals surface area contributed by atoms with Gasteiger partial charge in [-0.25, -0.2) is 5.01 Å². The van der Waals surface area contributed by atoms with Crippen LogP contribution in [0.15, 0.2) is 0 Å². The number of carbonyl (C=O) groups excluding carboxylic acids is 4. The van der Waals surface area contributed by atoms with Crippen molar-refractivity contribution in [1.82, 2.24) is 41.9 Å². The van der Waals surface area contributed by atoms with Gasteiger partial charge in [0.1, 0.15) is 6.04 Å². The molecule has 0 aromatic rings. The van der Waals surface area contributed by atoms with Gasteiger partial charge in [0.25, 0.3) is 0 Å². The summed E-state index contributed by atoms with van der Waals surface area (Å²) in [6.45, 7) is 9.80.